The second-order valence-corrected chi connectivity index (χ2v) is 4.17. The number of hydrogen-bond donors (Lipinski definition) is 0. The Morgan fingerprint density at radius 3 is 2.69 bits per heavy atom. The quantitative estimate of drug-likeness (QED) is 0.797. The first kappa shape index (κ1) is 10.9. The summed E-state index contributed by atoms with van der Waals surface area (Å²) in [6, 6.07) is 14.7. The Morgan fingerprint density at radius 1 is 1.12 bits per heavy atom. The molecule has 0 aliphatic heterocycles. The standard InChI is InChI=1S/C12H7IN2O/c13-10-5-1-2-6-11(10)16-12-7-3-4-9(8-14)15-12/h1-7H. The number of pyridine rings is 1. The lowest BCUT2D eigenvalue weighted by atomic mass is 10.3. The Balaban J connectivity index is 2.28. The molecule has 1 aromatic heterocycles. The van der Waals surface area contributed by atoms with E-state index in [0.29, 0.717) is 11.6 Å². The Morgan fingerprint density at radius 2 is 1.94 bits per heavy atom. The molecule has 0 spiro atoms. The molecule has 1 aromatic carbocycles. The Hall–Kier alpha value is -1.61. The highest BCUT2D eigenvalue weighted by molar-refractivity contribution is 14.1. The zero-order valence-corrected chi connectivity index (χ0v) is 10.4. The van der Waals surface area contributed by atoms with E-state index in [-0.39, 0.29) is 0 Å². The summed E-state index contributed by atoms with van der Waals surface area (Å²) in [6.07, 6.45) is 0. The lowest BCUT2D eigenvalue weighted by Crippen LogP contribution is -1.91. The molecule has 2 rings (SSSR count). The average molecular weight is 322 g/mol. The van der Waals surface area contributed by atoms with Crippen LogP contribution in [0.5, 0.6) is 11.6 Å². The van der Waals surface area contributed by atoms with Gasteiger partial charge in [-0.25, -0.2) is 4.98 Å². The molecule has 2 aromatic rings. The first-order chi connectivity index (χ1) is 7.79. The van der Waals surface area contributed by atoms with Gasteiger partial charge in [-0.1, -0.05) is 18.2 Å². The summed E-state index contributed by atoms with van der Waals surface area (Å²) >= 11 is 2.19. The van der Waals surface area contributed by atoms with Crippen LogP contribution in [0.1, 0.15) is 5.69 Å². The van der Waals surface area contributed by atoms with Gasteiger partial charge in [-0.05, 0) is 40.8 Å². The normalized spacial score (nSPS) is 9.50. The number of rotatable bonds is 2. The van der Waals surface area contributed by atoms with Crippen molar-refractivity contribution in [1.82, 2.24) is 4.98 Å². The number of para-hydroxylation sites is 1. The highest BCUT2D eigenvalue weighted by atomic mass is 127. The van der Waals surface area contributed by atoms with Gasteiger partial charge in [0.05, 0.1) is 3.57 Å². The number of aromatic nitrogens is 1. The van der Waals surface area contributed by atoms with Gasteiger partial charge in [-0.2, -0.15) is 5.26 Å². The first-order valence-electron chi connectivity index (χ1n) is 4.59. The molecule has 16 heavy (non-hydrogen) atoms. The molecule has 0 aliphatic carbocycles. The van der Waals surface area contributed by atoms with Gasteiger partial charge in [0.25, 0.3) is 0 Å². The molecule has 0 aliphatic rings. The summed E-state index contributed by atoms with van der Waals surface area (Å²) in [5.74, 6) is 1.17. The average Bonchev–Trinajstić information content (AvgIpc) is 2.32. The molecule has 0 N–H and O–H groups in total. The van der Waals surface area contributed by atoms with Crippen molar-refractivity contribution >= 4 is 22.6 Å². The predicted octanol–water partition coefficient (Wildman–Crippen LogP) is 3.35. The summed E-state index contributed by atoms with van der Waals surface area (Å²) in [5, 5.41) is 8.71. The van der Waals surface area contributed by atoms with Crippen LogP contribution in [0.25, 0.3) is 0 Å². The van der Waals surface area contributed by atoms with Crippen LogP contribution >= 0.6 is 22.6 Å². The molecule has 78 valence electrons. The molecule has 1 heterocycles. The van der Waals surface area contributed by atoms with Crippen molar-refractivity contribution in [3.8, 4) is 17.7 Å². The third-order valence-corrected chi connectivity index (χ3v) is 2.78. The van der Waals surface area contributed by atoms with Crippen molar-refractivity contribution in [3.63, 3.8) is 0 Å². The Bertz CT molecular complexity index is 549. The minimum atomic E-state index is 0.350. The predicted molar refractivity (Wildman–Crippen MR) is 68.2 cm³/mol. The van der Waals surface area contributed by atoms with Crippen LogP contribution in [0.2, 0.25) is 0 Å². The first-order valence-corrected chi connectivity index (χ1v) is 5.67. The fourth-order valence-corrected chi connectivity index (χ4v) is 1.67. The zero-order valence-electron chi connectivity index (χ0n) is 8.22. The molecule has 4 heteroatoms. The van der Waals surface area contributed by atoms with Gasteiger partial charge in [-0.15, -0.1) is 0 Å². The SMILES string of the molecule is N#Cc1cccc(Oc2ccccc2I)n1. The zero-order chi connectivity index (χ0) is 11.4. The molecule has 0 bridgehead atoms. The van der Waals surface area contributed by atoms with E-state index in [9.17, 15) is 0 Å². The number of nitriles is 1. The molecule has 0 atom stereocenters. The Labute approximate surface area is 107 Å². The lowest BCUT2D eigenvalue weighted by Gasteiger charge is -2.05. The Kier molecular flexibility index (Phi) is 3.37. The number of benzene rings is 1. The molecular formula is C12H7IN2O. The van der Waals surface area contributed by atoms with Gasteiger partial charge in [0.1, 0.15) is 17.5 Å². The summed E-state index contributed by atoms with van der Waals surface area (Å²) in [5.41, 5.74) is 0.350. The van der Waals surface area contributed by atoms with Gasteiger partial charge in [-0.3, -0.25) is 0 Å². The fraction of sp³-hybridized carbons (Fsp3) is 0. The molecular weight excluding hydrogens is 315 g/mol. The van der Waals surface area contributed by atoms with E-state index in [4.69, 9.17) is 10.00 Å². The van der Waals surface area contributed by atoms with Crippen LogP contribution in [0.4, 0.5) is 0 Å². The molecule has 0 amide bonds. The monoisotopic (exact) mass is 322 g/mol. The summed E-state index contributed by atoms with van der Waals surface area (Å²) < 4.78 is 6.59. The van der Waals surface area contributed by atoms with Crippen LogP contribution < -0.4 is 4.74 Å². The van der Waals surface area contributed by atoms with Crippen LogP contribution in [0.3, 0.4) is 0 Å². The maximum atomic E-state index is 8.71. The largest absolute Gasteiger partial charge is 0.438 e. The number of ether oxygens (including phenoxy) is 1. The highest BCUT2D eigenvalue weighted by Crippen LogP contribution is 2.24. The van der Waals surface area contributed by atoms with E-state index in [1.807, 2.05) is 30.3 Å². The maximum Gasteiger partial charge on any atom is 0.220 e. The van der Waals surface area contributed by atoms with Gasteiger partial charge in [0.15, 0.2) is 0 Å². The molecule has 0 unspecified atom stereocenters. The topological polar surface area (TPSA) is 45.9 Å². The van der Waals surface area contributed by atoms with Crippen molar-refractivity contribution in [1.29, 1.82) is 5.26 Å². The van der Waals surface area contributed by atoms with E-state index < -0.39 is 0 Å². The molecule has 3 nitrogen and oxygen atoms in total. The number of nitrogens with zero attached hydrogens (tertiary/aromatic N) is 2. The highest BCUT2D eigenvalue weighted by Gasteiger charge is 2.02. The van der Waals surface area contributed by atoms with Gasteiger partial charge < -0.3 is 4.74 Å². The van der Waals surface area contributed by atoms with Crippen LogP contribution in [0, 0.1) is 14.9 Å². The van der Waals surface area contributed by atoms with E-state index in [1.54, 1.807) is 18.2 Å². The summed E-state index contributed by atoms with van der Waals surface area (Å²) in [4.78, 5) is 4.04. The minimum absolute atomic E-state index is 0.350. The molecule has 0 radical (unpaired) electrons. The molecule has 0 saturated heterocycles. The maximum absolute atomic E-state index is 8.71. The summed E-state index contributed by atoms with van der Waals surface area (Å²) in [7, 11) is 0. The van der Waals surface area contributed by atoms with Crippen molar-refractivity contribution < 1.29 is 4.74 Å². The van der Waals surface area contributed by atoms with Gasteiger partial charge in [0.2, 0.25) is 5.88 Å². The summed E-state index contributed by atoms with van der Waals surface area (Å²) in [6.45, 7) is 0. The van der Waals surface area contributed by atoms with Crippen molar-refractivity contribution in [3.05, 3.63) is 51.7 Å². The third kappa shape index (κ3) is 2.49. The van der Waals surface area contributed by atoms with Crippen LogP contribution in [-0.4, -0.2) is 4.98 Å². The fourth-order valence-electron chi connectivity index (χ4n) is 1.17. The van der Waals surface area contributed by atoms with Crippen LogP contribution in [0.15, 0.2) is 42.5 Å². The van der Waals surface area contributed by atoms with Crippen LogP contribution in [-0.2, 0) is 0 Å². The van der Waals surface area contributed by atoms with Crippen molar-refractivity contribution in [2.45, 2.75) is 0 Å². The second-order valence-electron chi connectivity index (χ2n) is 3.01. The second kappa shape index (κ2) is 4.94. The van der Waals surface area contributed by atoms with Gasteiger partial charge in [0, 0.05) is 6.07 Å². The van der Waals surface area contributed by atoms with Crippen molar-refractivity contribution in [2.24, 2.45) is 0 Å². The van der Waals surface area contributed by atoms with Gasteiger partial charge >= 0.3 is 0 Å². The molecule has 0 fully saturated rings. The minimum Gasteiger partial charge on any atom is -0.438 e. The van der Waals surface area contributed by atoms with E-state index in [0.717, 1.165) is 9.32 Å². The number of hydrogen-bond acceptors (Lipinski definition) is 3. The smallest absolute Gasteiger partial charge is 0.220 e. The van der Waals surface area contributed by atoms with E-state index in [1.165, 1.54) is 0 Å². The van der Waals surface area contributed by atoms with E-state index >= 15 is 0 Å². The lowest BCUT2D eigenvalue weighted by molar-refractivity contribution is 0.459. The third-order valence-electron chi connectivity index (χ3n) is 1.89. The molecule has 0 saturated carbocycles. The van der Waals surface area contributed by atoms with Crippen molar-refractivity contribution in [2.75, 3.05) is 0 Å². The number of halogens is 1. The van der Waals surface area contributed by atoms with E-state index in [2.05, 4.69) is 27.6 Å².